The molecule has 1 fully saturated rings. The number of pyridine rings is 1. The molecule has 0 aliphatic carbocycles. The number of nitrogens with zero attached hydrogens (tertiary/aromatic N) is 2. The van der Waals surface area contributed by atoms with E-state index in [0.717, 1.165) is 21.2 Å². The Hall–Kier alpha value is -3.63. The highest BCUT2D eigenvalue weighted by atomic mass is 19.4. The largest absolute Gasteiger partial charge is 0.439 e. The fraction of sp³-hybridized carbons (Fsp3) is 0.320. The minimum Gasteiger partial charge on any atom is -0.439 e. The summed E-state index contributed by atoms with van der Waals surface area (Å²) in [6.45, 7) is 1.56. The van der Waals surface area contributed by atoms with E-state index in [0.29, 0.717) is 12.1 Å². The van der Waals surface area contributed by atoms with Gasteiger partial charge in [-0.15, -0.1) is 0 Å². The third-order valence-corrected chi connectivity index (χ3v) is 6.09. The molecule has 2 aromatic carbocycles. The maximum Gasteiger partial charge on any atom is 0.417 e. The molecule has 1 aliphatic rings. The van der Waals surface area contributed by atoms with Crippen LogP contribution in [-0.2, 0) is 28.3 Å². The van der Waals surface area contributed by atoms with Gasteiger partial charge >= 0.3 is 18.4 Å². The van der Waals surface area contributed by atoms with Crippen LogP contribution in [0.25, 0.3) is 10.8 Å². The lowest BCUT2D eigenvalue weighted by molar-refractivity contribution is -0.143. The molecule has 36 heavy (non-hydrogen) atoms. The molecule has 11 heteroatoms. The van der Waals surface area contributed by atoms with Gasteiger partial charge in [0, 0.05) is 24.2 Å². The van der Waals surface area contributed by atoms with Crippen molar-refractivity contribution < 1.29 is 40.7 Å². The molecule has 0 bridgehead atoms. The summed E-state index contributed by atoms with van der Waals surface area (Å²) in [4.78, 5) is 30.5. The normalized spacial score (nSPS) is 18.5. The summed E-state index contributed by atoms with van der Waals surface area (Å²) in [5, 5.41) is 1.73. The lowest BCUT2D eigenvalue weighted by Crippen LogP contribution is -2.39. The second-order valence-electron chi connectivity index (χ2n) is 8.40. The summed E-state index contributed by atoms with van der Waals surface area (Å²) < 4.78 is 85.0. The summed E-state index contributed by atoms with van der Waals surface area (Å²) in [6, 6.07) is 7.35. The van der Waals surface area contributed by atoms with Gasteiger partial charge in [-0.25, -0.2) is 9.69 Å². The molecule has 2 amide bonds. The van der Waals surface area contributed by atoms with Gasteiger partial charge in [0.05, 0.1) is 17.2 Å². The number of halogens is 6. The number of carbonyl (C=O) groups is 2. The monoisotopic (exact) mass is 510 g/mol. The lowest BCUT2D eigenvalue weighted by Gasteiger charge is -2.23. The van der Waals surface area contributed by atoms with Crippen LogP contribution in [0.15, 0.2) is 54.9 Å². The molecule has 2 atom stereocenters. The Kier molecular flexibility index (Phi) is 6.68. The van der Waals surface area contributed by atoms with E-state index in [4.69, 9.17) is 4.74 Å². The molecule has 4 rings (SSSR count). The fourth-order valence-corrected chi connectivity index (χ4v) is 4.37. The van der Waals surface area contributed by atoms with Crippen molar-refractivity contribution in [1.29, 1.82) is 0 Å². The number of carbonyl (C=O) groups excluding carboxylic acids is 2. The minimum absolute atomic E-state index is 0.00234. The molecule has 1 aliphatic heterocycles. The summed E-state index contributed by atoms with van der Waals surface area (Å²) in [5.41, 5.74) is -2.77. The fourth-order valence-electron chi connectivity index (χ4n) is 4.37. The van der Waals surface area contributed by atoms with Crippen molar-refractivity contribution >= 4 is 22.8 Å². The highest BCUT2D eigenvalue weighted by molar-refractivity contribution is 5.94. The maximum atomic E-state index is 13.3. The number of hydrogen-bond donors (Lipinski definition) is 0. The number of fused-ring (bicyclic) bond motifs is 1. The minimum atomic E-state index is -5.05. The van der Waals surface area contributed by atoms with Gasteiger partial charge < -0.3 is 4.74 Å². The summed E-state index contributed by atoms with van der Waals surface area (Å²) >= 11 is 0. The first kappa shape index (κ1) is 25.5. The topological polar surface area (TPSA) is 59.5 Å². The van der Waals surface area contributed by atoms with Crippen LogP contribution in [0, 0.1) is 0 Å². The van der Waals surface area contributed by atoms with Gasteiger partial charge in [-0.3, -0.25) is 9.78 Å². The maximum absolute atomic E-state index is 13.3. The molecule has 0 spiro atoms. The van der Waals surface area contributed by atoms with Crippen LogP contribution in [0.5, 0.6) is 0 Å². The van der Waals surface area contributed by atoms with Crippen molar-refractivity contribution in [1.82, 2.24) is 9.88 Å². The Balaban J connectivity index is 1.61. The molecule has 0 saturated carbocycles. The number of aromatic nitrogens is 1. The number of alkyl halides is 6. The summed E-state index contributed by atoms with van der Waals surface area (Å²) in [6.07, 6.45) is -9.28. The van der Waals surface area contributed by atoms with Crippen molar-refractivity contribution in [2.45, 2.75) is 50.7 Å². The van der Waals surface area contributed by atoms with Crippen LogP contribution in [0.3, 0.4) is 0 Å². The van der Waals surface area contributed by atoms with Crippen molar-refractivity contribution in [3.63, 3.8) is 0 Å². The highest BCUT2D eigenvalue weighted by Gasteiger charge is 2.46. The van der Waals surface area contributed by atoms with E-state index < -0.39 is 53.2 Å². The van der Waals surface area contributed by atoms with Gasteiger partial charge in [-0.05, 0) is 47.6 Å². The average Bonchev–Trinajstić information content (AvgIpc) is 3.17. The van der Waals surface area contributed by atoms with E-state index in [-0.39, 0.29) is 25.3 Å². The van der Waals surface area contributed by atoms with Crippen LogP contribution in [0.1, 0.15) is 48.1 Å². The van der Waals surface area contributed by atoms with Crippen molar-refractivity contribution in [2.75, 3.05) is 0 Å². The molecular weight excluding hydrogens is 490 g/mol. The van der Waals surface area contributed by atoms with Crippen LogP contribution >= 0.6 is 0 Å². The Labute approximate surface area is 201 Å². The van der Waals surface area contributed by atoms with Crippen LogP contribution in [-0.4, -0.2) is 27.9 Å². The molecule has 0 N–H and O–H groups in total. The van der Waals surface area contributed by atoms with Crippen molar-refractivity contribution in [3.05, 3.63) is 77.1 Å². The number of imide groups is 1. The smallest absolute Gasteiger partial charge is 0.417 e. The number of hydrogen-bond acceptors (Lipinski definition) is 4. The first-order valence-corrected chi connectivity index (χ1v) is 11.0. The van der Waals surface area contributed by atoms with E-state index in [9.17, 15) is 35.9 Å². The molecule has 1 saturated heterocycles. The first-order valence-electron chi connectivity index (χ1n) is 11.0. The van der Waals surface area contributed by atoms with Gasteiger partial charge in [0.1, 0.15) is 6.10 Å². The molecule has 0 unspecified atom stereocenters. The van der Waals surface area contributed by atoms with Gasteiger partial charge in [0.15, 0.2) is 0 Å². The second kappa shape index (κ2) is 9.44. The molecular formula is C25H20F6N2O3. The quantitative estimate of drug-likeness (QED) is 0.358. The number of ether oxygens (including phenoxy) is 1. The number of aryl methyl sites for hydroxylation is 1. The molecule has 2 heterocycles. The Morgan fingerprint density at radius 2 is 1.64 bits per heavy atom. The predicted molar refractivity (Wildman–Crippen MR) is 117 cm³/mol. The van der Waals surface area contributed by atoms with Gasteiger partial charge in [0.25, 0.3) is 0 Å². The SMILES string of the molecule is CC[C@H]1[C@@H](c2cc(C(F)(F)F)cc(C(F)(F)F)c2)OC(=O)N1C(=O)CCc1cncc2ccccc12. The zero-order chi connectivity index (χ0) is 26.3. The molecule has 3 aromatic rings. The molecule has 5 nitrogen and oxygen atoms in total. The van der Waals surface area contributed by atoms with Crippen molar-refractivity contribution in [3.8, 4) is 0 Å². The van der Waals surface area contributed by atoms with Gasteiger partial charge in [-0.1, -0.05) is 31.2 Å². The highest BCUT2D eigenvalue weighted by Crippen LogP contribution is 2.41. The Morgan fingerprint density at radius 3 is 2.25 bits per heavy atom. The van der Waals surface area contributed by atoms with E-state index in [1.165, 1.54) is 0 Å². The number of rotatable bonds is 5. The standard InChI is InChI=1S/C25H20F6N2O3/c1-2-20-22(16-9-17(24(26,27)28)11-18(10-16)25(29,30)31)36-23(35)33(20)21(34)8-7-15-13-32-12-14-5-3-4-6-19(14)15/h3-6,9-13,20,22H,2,7-8H2,1H3/t20-,22+/m0/s1. The predicted octanol–water partition coefficient (Wildman–Crippen LogP) is 6.70. The van der Waals surface area contributed by atoms with Crippen molar-refractivity contribution in [2.24, 2.45) is 0 Å². The zero-order valence-electron chi connectivity index (χ0n) is 18.9. The molecule has 1 aromatic heterocycles. The first-order chi connectivity index (χ1) is 16.9. The summed E-state index contributed by atoms with van der Waals surface area (Å²) in [7, 11) is 0. The van der Waals surface area contributed by atoms with Crippen LogP contribution in [0.4, 0.5) is 31.1 Å². The van der Waals surface area contributed by atoms with Crippen LogP contribution < -0.4 is 0 Å². The zero-order valence-corrected chi connectivity index (χ0v) is 18.9. The number of benzene rings is 2. The lowest BCUT2D eigenvalue weighted by atomic mass is 9.95. The third-order valence-electron chi connectivity index (χ3n) is 6.09. The second-order valence-corrected chi connectivity index (χ2v) is 8.40. The number of amides is 2. The molecule has 0 radical (unpaired) electrons. The third kappa shape index (κ3) is 5.00. The van der Waals surface area contributed by atoms with Crippen LogP contribution in [0.2, 0.25) is 0 Å². The van der Waals surface area contributed by atoms with Gasteiger partial charge in [-0.2, -0.15) is 26.3 Å². The van der Waals surface area contributed by atoms with Gasteiger partial charge in [0.2, 0.25) is 5.91 Å². The Morgan fingerprint density at radius 1 is 1.00 bits per heavy atom. The van der Waals surface area contributed by atoms with E-state index in [1.807, 2.05) is 24.3 Å². The number of cyclic esters (lactones) is 1. The summed E-state index contributed by atoms with van der Waals surface area (Å²) in [5.74, 6) is -0.648. The van der Waals surface area contributed by atoms with E-state index in [1.54, 1.807) is 19.3 Å². The Bertz CT molecular complexity index is 1270. The molecule has 190 valence electrons. The van der Waals surface area contributed by atoms with E-state index >= 15 is 0 Å². The van der Waals surface area contributed by atoms with E-state index in [2.05, 4.69) is 4.98 Å². The average molecular weight is 510 g/mol.